The monoisotopic (exact) mass is 444 g/mol. The third-order valence-electron chi connectivity index (χ3n) is 4.78. The van der Waals surface area contributed by atoms with Crippen molar-refractivity contribution >= 4 is 22.4 Å². The number of aromatic nitrogens is 1. The van der Waals surface area contributed by atoms with Gasteiger partial charge in [0.15, 0.2) is 0 Å². The molecule has 0 aliphatic carbocycles. The van der Waals surface area contributed by atoms with Gasteiger partial charge < -0.3 is 0 Å². The van der Waals surface area contributed by atoms with E-state index >= 15 is 0 Å². The Balaban J connectivity index is 2.05. The molecule has 1 heterocycles. The van der Waals surface area contributed by atoms with Crippen LogP contribution in [-0.4, -0.2) is 4.98 Å². The molecule has 0 radical (unpaired) electrons. The maximum atomic E-state index is 14.8. The van der Waals surface area contributed by atoms with Gasteiger partial charge in [0.1, 0.15) is 22.9 Å². The van der Waals surface area contributed by atoms with Crippen LogP contribution < -0.4 is 0 Å². The van der Waals surface area contributed by atoms with Gasteiger partial charge in [-0.25, -0.2) is 13.8 Å². The number of nitrogens with zero attached hydrogens (tertiary/aromatic N) is 2. The van der Waals surface area contributed by atoms with Crippen LogP contribution in [0.4, 0.5) is 22.0 Å². The van der Waals surface area contributed by atoms with Crippen molar-refractivity contribution in [3.05, 3.63) is 88.6 Å². The summed E-state index contributed by atoms with van der Waals surface area (Å²) in [6.07, 6.45) is -4.78. The Kier molecular flexibility index (Phi) is 5.11. The molecule has 1 aromatic heterocycles. The third-order valence-corrected chi connectivity index (χ3v) is 4.98. The molecule has 0 aliphatic heterocycles. The normalized spacial score (nSPS) is 11.5. The molecular weight excluding hydrogens is 435 g/mol. The van der Waals surface area contributed by atoms with Crippen molar-refractivity contribution < 1.29 is 22.0 Å². The number of rotatable bonds is 2. The molecule has 0 unspecified atom stereocenters. The molecule has 0 spiro atoms. The topological polar surface area (TPSA) is 36.7 Å². The highest BCUT2D eigenvalue weighted by Crippen LogP contribution is 2.40. The van der Waals surface area contributed by atoms with Gasteiger partial charge in [0, 0.05) is 16.5 Å². The SMILES string of the molecule is N#Cc1cccc(-c2nc(Cl)cc3ccc(-c4c(F)cccc4C(F)(F)F)cc23)c1F. The lowest BCUT2D eigenvalue weighted by atomic mass is 9.94. The first-order chi connectivity index (χ1) is 14.7. The highest BCUT2D eigenvalue weighted by Gasteiger charge is 2.35. The van der Waals surface area contributed by atoms with Crippen LogP contribution in [0.3, 0.4) is 0 Å². The van der Waals surface area contributed by atoms with Crippen LogP contribution in [0.5, 0.6) is 0 Å². The number of alkyl halides is 3. The Morgan fingerprint density at radius 2 is 1.68 bits per heavy atom. The summed E-state index contributed by atoms with van der Waals surface area (Å²) < 4.78 is 69.7. The number of nitriles is 1. The first-order valence-electron chi connectivity index (χ1n) is 8.86. The van der Waals surface area contributed by atoms with Gasteiger partial charge in [0.25, 0.3) is 0 Å². The Hall–Kier alpha value is -3.50. The predicted octanol–water partition coefficient (Wildman–Crippen LogP) is 7.39. The van der Waals surface area contributed by atoms with Crippen LogP contribution in [0.2, 0.25) is 5.15 Å². The number of halogens is 6. The van der Waals surface area contributed by atoms with Gasteiger partial charge in [-0.1, -0.05) is 35.9 Å². The Bertz CT molecular complexity index is 1370. The van der Waals surface area contributed by atoms with E-state index in [9.17, 15) is 22.0 Å². The van der Waals surface area contributed by atoms with Gasteiger partial charge in [-0.15, -0.1) is 0 Å². The van der Waals surface area contributed by atoms with Gasteiger partial charge in [-0.05, 0) is 47.3 Å². The van der Waals surface area contributed by atoms with Gasteiger partial charge in [-0.3, -0.25) is 0 Å². The molecule has 0 amide bonds. The first-order valence-corrected chi connectivity index (χ1v) is 9.24. The fourth-order valence-electron chi connectivity index (χ4n) is 3.43. The standard InChI is InChI=1S/C23H10ClF5N2/c24-19-10-12-7-8-13(20-17(23(27,28)29)5-2-6-18(20)25)9-16(12)22(31-19)15-4-1-3-14(11-30)21(15)26/h1-10H. The highest BCUT2D eigenvalue weighted by molar-refractivity contribution is 6.30. The second-order valence-electron chi connectivity index (χ2n) is 6.67. The molecular formula is C23H10ClF5N2. The minimum absolute atomic E-state index is 0.0267. The smallest absolute Gasteiger partial charge is 0.235 e. The molecule has 4 rings (SSSR count). The summed E-state index contributed by atoms with van der Waals surface area (Å²) in [5, 5.41) is 9.85. The molecule has 3 aromatic carbocycles. The number of hydrogen-bond donors (Lipinski definition) is 0. The van der Waals surface area contributed by atoms with Gasteiger partial charge in [-0.2, -0.15) is 18.4 Å². The molecule has 2 nitrogen and oxygen atoms in total. The fraction of sp³-hybridized carbons (Fsp3) is 0.0435. The fourth-order valence-corrected chi connectivity index (χ4v) is 3.63. The van der Waals surface area contributed by atoms with Crippen molar-refractivity contribution in [1.29, 1.82) is 5.26 Å². The molecule has 0 saturated heterocycles. The van der Waals surface area contributed by atoms with Gasteiger partial charge in [0.05, 0.1) is 16.8 Å². The van der Waals surface area contributed by atoms with Crippen molar-refractivity contribution in [3.63, 3.8) is 0 Å². The molecule has 0 aliphatic rings. The van der Waals surface area contributed by atoms with Crippen LogP contribution in [0.25, 0.3) is 33.2 Å². The van der Waals surface area contributed by atoms with Crippen LogP contribution in [0.15, 0.2) is 60.7 Å². The van der Waals surface area contributed by atoms with E-state index in [1.807, 2.05) is 0 Å². The summed E-state index contributed by atoms with van der Waals surface area (Å²) in [4.78, 5) is 4.14. The Morgan fingerprint density at radius 1 is 0.935 bits per heavy atom. The average Bonchev–Trinajstić information content (AvgIpc) is 2.72. The second kappa shape index (κ2) is 7.64. The van der Waals surface area contributed by atoms with E-state index in [0.29, 0.717) is 5.39 Å². The number of hydrogen-bond acceptors (Lipinski definition) is 2. The zero-order valence-electron chi connectivity index (χ0n) is 15.4. The molecule has 154 valence electrons. The van der Waals surface area contributed by atoms with E-state index < -0.39 is 28.9 Å². The number of pyridine rings is 1. The maximum absolute atomic E-state index is 14.8. The average molecular weight is 445 g/mol. The largest absolute Gasteiger partial charge is 0.417 e. The molecule has 0 atom stereocenters. The predicted molar refractivity (Wildman–Crippen MR) is 107 cm³/mol. The van der Waals surface area contributed by atoms with Crippen molar-refractivity contribution in [3.8, 4) is 28.5 Å². The minimum atomic E-state index is -4.78. The number of fused-ring (bicyclic) bond motifs is 1. The van der Waals surface area contributed by atoms with Crippen LogP contribution in [-0.2, 0) is 6.18 Å². The Labute approximate surface area is 178 Å². The molecule has 31 heavy (non-hydrogen) atoms. The van der Waals surface area contributed by atoms with Crippen molar-refractivity contribution in [2.24, 2.45) is 0 Å². The van der Waals surface area contributed by atoms with Gasteiger partial charge in [0.2, 0.25) is 0 Å². The van der Waals surface area contributed by atoms with Crippen LogP contribution in [0.1, 0.15) is 11.1 Å². The molecule has 0 saturated carbocycles. The van der Waals surface area contributed by atoms with E-state index in [1.165, 1.54) is 42.5 Å². The van der Waals surface area contributed by atoms with Crippen LogP contribution in [0, 0.1) is 23.0 Å². The zero-order valence-corrected chi connectivity index (χ0v) is 16.2. The lowest BCUT2D eigenvalue weighted by molar-refractivity contribution is -0.137. The highest BCUT2D eigenvalue weighted by atomic mass is 35.5. The summed E-state index contributed by atoms with van der Waals surface area (Å²) in [5.41, 5.74) is -2.05. The lowest BCUT2D eigenvalue weighted by Crippen LogP contribution is -2.08. The molecule has 0 N–H and O–H groups in total. The van der Waals surface area contributed by atoms with E-state index in [2.05, 4.69) is 4.98 Å². The quantitative estimate of drug-likeness (QED) is 0.239. The minimum Gasteiger partial charge on any atom is -0.235 e. The summed E-state index contributed by atoms with van der Waals surface area (Å²) in [6, 6.07) is 14.1. The van der Waals surface area contributed by atoms with Crippen molar-refractivity contribution in [2.75, 3.05) is 0 Å². The van der Waals surface area contributed by atoms with E-state index in [4.69, 9.17) is 16.9 Å². The molecule has 8 heteroatoms. The number of benzene rings is 3. The van der Waals surface area contributed by atoms with Crippen molar-refractivity contribution in [1.82, 2.24) is 4.98 Å². The van der Waals surface area contributed by atoms with E-state index in [0.717, 1.165) is 18.2 Å². The summed E-state index contributed by atoms with van der Waals surface area (Å²) in [6.45, 7) is 0. The Morgan fingerprint density at radius 3 is 2.39 bits per heavy atom. The summed E-state index contributed by atoms with van der Waals surface area (Å²) in [7, 11) is 0. The van der Waals surface area contributed by atoms with E-state index in [-0.39, 0.29) is 32.9 Å². The third kappa shape index (κ3) is 3.71. The second-order valence-corrected chi connectivity index (χ2v) is 7.06. The lowest BCUT2D eigenvalue weighted by Gasteiger charge is -2.15. The molecule has 0 bridgehead atoms. The zero-order chi connectivity index (χ0) is 22.3. The summed E-state index contributed by atoms with van der Waals surface area (Å²) in [5.74, 6) is -1.89. The van der Waals surface area contributed by atoms with Crippen molar-refractivity contribution in [2.45, 2.75) is 6.18 Å². The van der Waals surface area contributed by atoms with Crippen LogP contribution >= 0.6 is 11.6 Å². The molecule has 4 aromatic rings. The molecule has 0 fully saturated rings. The maximum Gasteiger partial charge on any atom is 0.417 e. The summed E-state index contributed by atoms with van der Waals surface area (Å²) >= 11 is 6.06. The van der Waals surface area contributed by atoms with E-state index in [1.54, 1.807) is 6.07 Å². The first kappa shape index (κ1) is 20.8. The van der Waals surface area contributed by atoms with Gasteiger partial charge >= 0.3 is 6.18 Å².